The van der Waals surface area contributed by atoms with Crippen molar-refractivity contribution in [3.8, 4) is 0 Å². The number of hydrogen-bond acceptors (Lipinski definition) is 1. The third kappa shape index (κ3) is 2.19. The molecule has 0 saturated carbocycles. The van der Waals surface area contributed by atoms with Gasteiger partial charge in [-0.25, -0.2) is 8.78 Å². The van der Waals surface area contributed by atoms with Gasteiger partial charge in [0.15, 0.2) is 0 Å². The molecule has 108 valence electrons. The van der Waals surface area contributed by atoms with Gasteiger partial charge >= 0.3 is 0 Å². The zero-order valence-corrected chi connectivity index (χ0v) is 13.0. The second kappa shape index (κ2) is 4.43. The highest BCUT2D eigenvalue weighted by atomic mass is 19.3. The Morgan fingerprint density at radius 2 is 1.50 bits per heavy atom. The number of rotatable bonds is 5. The van der Waals surface area contributed by atoms with Gasteiger partial charge in [0.05, 0.1) is 11.7 Å². The fraction of sp³-hybridized carbons (Fsp3) is 1.00. The topological polar surface area (TPSA) is 12.5 Å². The Bertz CT molecular complexity index is 310. The Balaban J connectivity index is 2.89. The highest BCUT2D eigenvalue weighted by molar-refractivity contribution is 5.08. The van der Waals surface area contributed by atoms with E-state index in [1.807, 2.05) is 13.8 Å². The standard InChI is InChI=1S/C15H28F2O/c1-9(2)14(8)12(18-14)11(5)13(6,7)15(16,17)10(3)4/h9-12H,1-8H3. The molecule has 1 nitrogen and oxygen atoms in total. The Hall–Kier alpha value is -0.180. The summed E-state index contributed by atoms with van der Waals surface area (Å²) in [4.78, 5) is 0. The van der Waals surface area contributed by atoms with Gasteiger partial charge in [-0.3, -0.25) is 0 Å². The predicted octanol–water partition coefficient (Wildman–Crippen LogP) is 4.75. The summed E-state index contributed by atoms with van der Waals surface area (Å²) in [5.74, 6) is -3.15. The maximum absolute atomic E-state index is 14.4. The van der Waals surface area contributed by atoms with Crippen molar-refractivity contribution in [3.05, 3.63) is 0 Å². The molecule has 0 amide bonds. The molecule has 0 N–H and O–H groups in total. The minimum absolute atomic E-state index is 0.0582. The van der Waals surface area contributed by atoms with Crippen LogP contribution in [0.3, 0.4) is 0 Å². The van der Waals surface area contributed by atoms with Crippen molar-refractivity contribution < 1.29 is 13.5 Å². The molecule has 1 fully saturated rings. The molecule has 1 heterocycles. The maximum atomic E-state index is 14.4. The van der Waals surface area contributed by atoms with Crippen LogP contribution < -0.4 is 0 Å². The van der Waals surface area contributed by atoms with Crippen LogP contribution in [0.15, 0.2) is 0 Å². The van der Waals surface area contributed by atoms with Crippen LogP contribution in [-0.4, -0.2) is 17.6 Å². The quantitative estimate of drug-likeness (QED) is 0.651. The molecule has 1 saturated heterocycles. The van der Waals surface area contributed by atoms with E-state index in [2.05, 4.69) is 13.8 Å². The molecule has 0 aromatic carbocycles. The summed E-state index contributed by atoms with van der Waals surface area (Å²) in [6.45, 7) is 14.6. The third-order valence-corrected chi connectivity index (χ3v) is 5.21. The Labute approximate surface area is 110 Å². The average molecular weight is 262 g/mol. The number of ether oxygens (including phenoxy) is 1. The summed E-state index contributed by atoms with van der Waals surface area (Å²) in [6.07, 6.45) is -0.0582. The van der Waals surface area contributed by atoms with Crippen molar-refractivity contribution >= 4 is 0 Å². The van der Waals surface area contributed by atoms with Crippen LogP contribution >= 0.6 is 0 Å². The maximum Gasteiger partial charge on any atom is 0.255 e. The number of epoxide rings is 1. The molecule has 1 aliphatic heterocycles. The van der Waals surface area contributed by atoms with E-state index in [0.29, 0.717) is 5.92 Å². The van der Waals surface area contributed by atoms with Crippen LogP contribution in [0.5, 0.6) is 0 Å². The molecule has 0 radical (unpaired) electrons. The third-order valence-electron chi connectivity index (χ3n) is 5.21. The van der Waals surface area contributed by atoms with Gasteiger partial charge in [-0.05, 0) is 18.8 Å². The van der Waals surface area contributed by atoms with Gasteiger partial charge in [-0.1, -0.05) is 48.5 Å². The summed E-state index contributed by atoms with van der Waals surface area (Å²) < 4.78 is 34.5. The van der Waals surface area contributed by atoms with Crippen LogP contribution in [-0.2, 0) is 4.74 Å². The van der Waals surface area contributed by atoms with Crippen molar-refractivity contribution in [1.82, 2.24) is 0 Å². The molecule has 0 spiro atoms. The van der Waals surface area contributed by atoms with E-state index in [9.17, 15) is 8.78 Å². The molecular weight excluding hydrogens is 234 g/mol. The van der Waals surface area contributed by atoms with E-state index in [1.165, 1.54) is 0 Å². The molecule has 3 heteroatoms. The Morgan fingerprint density at radius 3 is 1.78 bits per heavy atom. The van der Waals surface area contributed by atoms with Crippen molar-refractivity contribution in [1.29, 1.82) is 0 Å². The van der Waals surface area contributed by atoms with Gasteiger partial charge in [0.25, 0.3) is 5.92 Å². The number of halogens is 2. The lowest BCUT2D eigenvalue weighted by Crippen LogP contribution is -2.47. The molecule has 1 aliphatic rings. The van der Waals surface area contributed by atoms with Crippen molar-refractivity contribution in [2.45, 2.75) is 73.0 Å². The Morgan fingerprint density at radius 1 is 1.06 bits per heavy atom. The van der Waals surface area contributed by atoms with E-state index in [0.717, 1.165) is 0 Å². The summed E-state index contributed by atoms with van der Waals surface area (Å²) in [5.41, 5.74) is -1.29. The van der Waals surface area contributed by atoms with Gasteiger partial charge in [-0.15, -0.1) is 0 Å². The minimum Gasteiger partial charge on any atom is -0.366 e. The summed E-state index contributed by atoms with van der Waals surface area (Å²) in [5, 5.41) is 0. The van der Waals surface area contributed by atoms with E-state index in [4.69, 9.17) is 4.74 Å². The van der Waals surface area contributed by atoms with E-state index >= 15 is 0 Å². The first kappa shape index (κ1) is 15.9. The number of alkyl halides is 2. The normalized spacial score (nSPS) is 31.0. The number of hydrogen-bond donors (Lipinski definition) is 0. The monoisotopic (exact) mass is 262 g/mol. The van der Waals surface area contributed by atoms with E-state index in [1.54, 1.807) is 27.7 Å². The van der Waals surface area contributed by atoms with Crippen LogP contribution in [0.1, 0.15) is 55.4 Å². The molecular formula is C15H28F2O. The molecule has 3 unspecified atom stereocenters. The molecule has 0 aliphatic carbocycles. The second-order valence-electron chi connectivity index (χ2n) is 7.17. The first-order valence-electron chi connectivity index (χ1n) is 6.94. The molecule has 0 aromatic heterocycles. The SMILES string of the molecule is CC(C)C1(C)OC1C(C)C(C)(C)C(F)(F)C(C)C. The molecule has 0 bridgehead atoms. The summed E-state index contributed by atoms with van der Waals surface area (Å²) in [7, 11) is 0. The largest absolute Gasteiger partial charge is 0.366 e. The van der Waals surface area contributed by atoms with Crippen LogP contribution in [0.4, 0.5) is 8.78 Å². The lowest BCUT2D eigenvalue weighted by atomic mass is 9.67. The highest BCUT2D eigenvalue weighted by Gasteiger charge is 2.64. The van der Waals surface area contributed by atoms with E-state index in [-0.39, 0.29) is 17.6 Å². The van der Waals surface area contributed by atoms with Gasteiger partial charge in [-0.2, -0.15) is 0 Å². The van der Waals surface area contributed by atoms with Crippen molar-refractivity contribution in [3.63, 3.8) is 0 Å². The van der Waals surface area contributed by atoms with Gasteiger partial charge < -0.3 is 4.74 Å². The Kier molecular flexibility index (Phi) is 3.91. The predicted molar refractivity (Wildman–Crippen MR) is 70.8 cm³/mol. The zero-order valence-electron chi connectivity index (χ0n) is 13.0. The van der Waals surface area contributed by atoms with Crippen molar-refractivity contribution in [2.75, 3.05) is 0 Å². The smallest absolute Gasteiger partial charge is 0.255 e. The van der Waals surface area contributed by atoms with Crippen molar-refractivity contribution in [2.24, 2.45) is 23.2 Å². The minimum atomic E-state index is -2.68. The summed E-state index contributed by atoms with van der Waals surface area (Å²) >= 11 is 0. The van der Waals surface area contributed by atoms with Gasteiger partial charge in [0.1, 0.15) is 0 Å². The first-order chi connectivity index (χ1) is 7.89. The first-order valence-corrected chi connectivity index (χ1v) is 6.94. The van der Waals surface area contributed by atoms with Gasteiger partial charge in [0.2, 0.25) is 0 Å². The van der Waals surface area contributed by atoms with Crippen LogP contribution in [0.2, 0.25) is 0 Å². The van der Waals surface area contributed by atoms with Crippen LogP contribution in [0.25, 0.3) is 0 Å². The zero-order chi connectivity index (χ0) is 14.5. The van der Waals surface area contributed by atoms with E-state index < -0.39 is 17.3 Å². The lowest BCUT2D eigenvalue weighted by Gasteiger charge is -2.41. The second-order valence-corrected chi connectivity index (χ2v) is 7.17. The molecule has 1 rings (SSSR count). The highest BCUT2D eigenvalue weighted by Crippen LogP contribution is 2.56. The molecule has 0 aromatic rings. The molecule has 18 heavy (non-hydrogen) atoms. The fourth-order valence-corrected chi connectivity index (χ4v) is 2.73. The average Bonchev–Trinajstić information content (AvgIpc) is 2.90. The lowest BCUT2D eigenvalue weighted by molar-refractivity contribution is -0.164. The van der Waals surface area contributed by atoms with Gasteiger partial charge in [0, 0.05) is 11.3 Å². The molecule has 3 atom stereocenters. The van der Waals surface area contributed by atoms with Crippen LogP contribution in [0, 0.1) is 23.2 Å². The summed E-state index contributed by atoms with van der Waals surface area (Å²) in [6, 6.07) is 0. The fourth-order valence-electron chi connectivity index (χ4n) is 2.73.